The van der Waals surface area contributed by atoms with Gasteiger partial charge < -0.3 is 20.4 Å². The number of para-hydroxylation sites is 1. The molecule has 6 nitrogen and oxygen atoms in total. The number of carbonyl (C=O) groups excluding carboxylic acids is 2. The van der Waals surface area contributed by atoms with Crippen molar-refractivity contribution in [3.63, 3.8) is 0 Å². The molecule has 1 aliphatic rings. The molecule has 0 aliphatic carbocycles. The van der Waals surface area contributed by atoms with Crippen LogP contribution in [0.3, 0.4) is 0 Å². The highest BCUT2D eigenvalue weighted by Crippen LogP contribution is 2.15. The average Bonchev–Trinajstić information content (AvgIpc) is 2.76. The van der Waals surface area contributed by atoms with E-state index < -0.39 is 11.8 Å². The van der Waals surface area contributed by atoms with E-state index in [1.807, 2.05) is 31.2 Å². The number of nitrogens with one attached hydrogen (secondary N) is 4. The van der Waals surface area contributed by atoms with Gasteiger partial charge in [-0.1, -0.05) is 55.0 Å². The Morgan fingerprint density at radius 2 is 1.63 bits per heavy atom. The maximum absolute atomic E-state index is 12.5. The Kier molecular flexibility index (Phi) is 7.60. The minimum Gasteiger partial charge on any atom is -0.341 e. The number of benzene rings is 2. The first-order chi connectivity index (χ1) is 14.5. The van der Waals surface area contributed by atoms with E-state index in [0.717, 1.165) is 38.2 Å². The Morgan fingerprint density at radius 1 is 0.967 bits per heavy atom. The Bertz CT molecular complexity index is 858. The topological polar surface area (TPSA) is 67.1 Å². The molecule has 0 spiro atoms. The number of rotatable bonds is 6. The highest BCUT2D eigenvalue weighted by atomic mass is 16.2. The molecule has 0 bridgehead atoms. The number of anilines is 1. The minimum absolute atomic E-state index is 0.137. The van der Waals surface area contributed by atoms with Crippen molar-refractivity contribution >= 4 is 17.5 Å². The average molecular weight is 411 g/mol. The molecule has 6 heteroatoms. The van der Waals surface area contributed by atoms with Gasteiger partial charge >= 0.3 is 11.8 Å². The van der Waals surface area contributed by atoms with E-state index in [2.05, 4.69) is 48.9 Å². The van der Waals surface area contributed by atoms with Crippen molar-refractivity contribution in [2.45, 2.75) is 26.3 Å². The molecule has 1 fully saturated rings. The zero-order valence-electron chi connectivity index (χ0n) is 18.3. The summed E-state index contributed by atoms with van der Waals surface area (Å²) in [5.41, 5.74) is 4.13. The molecule has 3 rings (SSSR count). The summed E-state index contributed by atoms with van der Waals surface area (Å²) in [7, 11) is 2.22. The lowest BCUT2D eigenvalue weighted by molar-refractivity contribution is -1.02. The van der Waals surface area contributed by atoms with E-state index in [4.69, 9.17) is 0 Å². The molecule has 2 amide bonds. The number of hydrogen-bond donors (Lipinski definition) is 4. The summed E-state index contributed by atoms with van der Waals surface area (Å²) in [5, 5.41) is 5.64. The van der Waals surface area contributed by atoms with Gasteiger partial charge in [0.2, 0.25) is 0 Å². The van der Waals surface area contributed by atoms with Crippen LogP contribution in [-0.4, -0.2) is 51.6 Å². The molecule has 1 heterocycles. The number of quaternary nitrogens is 2. The van der Waals surface area contributed by atoms with Gasteiger partial charge in [-0.05, 0) is 25.0 Å². The van der Waals surface area contributed by atoms with Crippen LogP contribution in [0.25, 0.3) is 0 Å². The van der Waals surface area contributed by atoms with E-state index in [1.165, 1.54) is 16.0 Å². The second kappa shape index (κ2) is 10.4. The van der Waals surface area contributed by atoms with Crippen molar-refractivity contribution in [2.75, 3.05) is 45.1 Å². The van der Waals surface area contributed by atoms with Crippen molar-refractivity contribution in [3.05, 3.63) is 65.2 Å². The summed E-state index contributed by atoms with van der Waals surface area (Å²) in [6.45, 7) is 8.87. The predicted molar refractivity (Wildman–Crippen MR) is 119 cm³/mol. The number of amides is 2. The molecule has 0 aromatic heterocycles. The van der Waals surface area contributed by atoms with Crippen LogP contribution >= 0.6 is 0 Å². The van der Waals surface area contributed by atoms with Gasteiger partial charge in [0, 0.05) is 11.3 Å². The minimum atomic E-state index is -0.614. The highest BCUT2D eigenvalue weighted by Gasteiger charge is 2.30. The molecule has 2 aromatic carbocycles. The maximum atomic E-state index is 12.5. The third-order valence-corrected chi connectivity index (χ3v) is 6.04. The molecule has 0 radical (unpaired) electrons. The van der Waals surface area contributed by atoms with Crippen LogP contribution in [0.1, 0.15) is 29.7 Å². The quantitative estimate of drug-likeness (QED) is 0.497. The van der Waals surface area contributed by atoms with Gasteiger partial charge in [-0.25, -0.2) is 0 Å². The summed E-state index contributed by atoms with van der Waals surface area (Å²) < 4.78 is 0. The Morgan fingerprint density at radius 3 is 2.30 bits per heavy atom. The smallest absolute Gasteiger partial charge is 0.313 e. The first-order valence-corrected chi connectivity index (χ1v) is 10.9. The molecule has 30 heavy (non-hydrogen) atoms. The molecule has 1 saturated heterocycles. The van der Waals surface area contributed by atoms with Crippen LogP contribution in [0.5, 0.6) is 0 Å². The fourth-order valence-corrected chi connectivity index (χ4v) is 4.05. The summed E-state index contributed by atoms with van der Waals surface area (Å²) in [6, 6.07) is 16.2. The standard InChI is InChI=1S/C24H32N4O2/c1-4-19-7-5-6-8-21(19)26-24(30)23(29)25-17-22(20-11-9-18(2)10-12-20)28-15-13-27(3)14-16-28/h5-12,22H,4,13-17H2,1-3H3,(H,25,29)(H,26,30)/p+2/t22-/m0/s1. The first kappa shape index (κ1) is 22.0. The molecule has 2 aromatic rings. The van der Waals surface area contributed by atoms with E-state index in [-0.39, 0.29) is 6.04 Å². The van der Waals surface area contributed by atoms with Gasteiger partial charge in [0.25, 0.3) is 0 Å². The van der Waals surface area contributed by atoms with Gasteiger partial charge in [0.05, 0.1) is 13.6 Å². The van der Waals surface area contributed by atoms with Crippen LogP contribution in [0.2, 0.25) is 0 Å². The molecule has 1 atom stereocenters. The summed E-state index contributed by atoms with van der Waals surface area (Å²) in [6.07, 6.45) is 0.794. The molecular weight excluding hydrogens is 376 g/mol. The van der Waals surface area contributed by atoms with Crippen LogP contribution in [-0.2, 0) is 16.0 Å². The lowest BCUT2D eigenvalue weighted by atomic mass is 10.0. The summed E-state index contributed by atoms with van der Waals surface area (Å²) in [4.78, 5) is 28.0. The van der Waals surface area contributed by atoms with Crippen molar-refractivity contribution in [1.29, 1.82) is 0 Å². The van der Waals surface area contributed by atoms with Crippen LogP contribution in [0, 0.1) is 6.92 Å². The van der Waals surface area contributed by atoms with Gasteiger partial charge in [-0.15, -0.1) is 0 Å². The van der Waals surface area contributed by atoms with Crippen molar-refractivity contribution in [2.24, 2.45) is 0 Å². The fourth-order valence-electron chi connectivity index (χ4n) is 4.05. The zero-order chi connectivity index (χ0) is 21.5. The van der Waals surface area contributed by atoms with Crippen LogP contribution in [0.4, 0.5) is 5.69 Å². The van der Waals surface area contributed by atoms with Crippen LogP contribution in [0.15, 0.2) is 48.5 Å². The van der Waals surface area contributed by atoms with Crippen LogP contribution < -0.4 is 20.4 Å². The molecule has 160 valence electrons. The van der Waals surface area contributed by atoms with E-state index in [1.54, 1.807) is 4.90 Å². The number of aryl methyl sites for hydroxylation is 2. The zero-order valence-corrected chi connectivity index (χ0v) is 18.3. The van der Waals surface area contributed by atoms with E-state index >= 15 is 0 Å². The third kappa shape index (κ3) is 5.68. The molecule has 0 saturated carbocycles. The van der Waals surface area contributed by atoms with Gasteiger partial charge in [0.1, 0.15) is 32.2 Å². The lowest BCUT2D eigenvalue weighted by Gasteiger charge is -2.33. The third-order valence-electron chi connectivity index (χ3n) is 6.04. The maximum Gasteiger partial charge on any atom is 0.313 e. The second-order valence-corrected chi connectivity index (χ2v) is 8.25. The first-order valence-electron chi connectivity index (χ1n) is 10.9. The normalized spacial score (nSPS) is 19.7. The molecule has 0 unspecified atom stereocenters. The Hall–Kier alpha value is -2.70. The van der Waals surface area contributed by atoms with Crippen molar-refractivity contribution in [1.82, 2.24) is 5.32 Å². The monoisotopic (exact) mass is 410 g/mol. The Labute approximate surface area is 179 Å². The van der Waals surface area contributed by atoms with Gasteiger partial charge in [-0.2, -0.15) is 0 Å². The fraction of sp³-hybridized carbons (Fsp3) is 0.417. The lowest BCUT2D eigenvalue weighted by Crippen LogP contribution is -3.27. The Balaban J connectivity index is 1.66. The number of hydrogen-bond acceptors (Lipinski definition) is 2. The number of piperazine rings is 1. The summed E-state index contributed by atoms with van der Waals surface area (Å²) >= 11 is 0. The highest BCUT2D eigenvalue weighted by molar-refractivity contribution is 6.39. The predicted octanol–water partition coefficient (Wildman–Crippen LogP) is -0.233. The molecule has 1 aliphatic heterocycles. The molecular formula is C24H34N4O2+2. The number of carbonyl (C=O) groups is 2. The second-order valence-electron chi connectivity index (χ2n) is 8.25. The van der Waals surface area contributed by atoms with Gasteiger partial charge in [0.15, 0.2) is 0 Å². The summed E-state index contributed by atoms with van der Waals surface area (Å²) in [5.74, 6) is -1.20. The largest absolute Gasteiger partial charge is 0.341 e. The van der Waals surface area contributed by atoms with E-state index in [9.17, 15) is 9.59 Å². The van der Waals surface area contributed by atoms with E-state index in [0.29, 0.717) is 12.2 Å². The molecule has 4 N–H and O–H groups in total. The van der Waals surface area contributed by atoms with Gasteiger partial charge in [-0.3, -0.25) is 9.59 Å². The van der Waals surface area contributed by atoms with Crippen molar-refractivity contribution in [3.8, 4) is 0 Å². The number of likely N-dealkylation sites (N-methyl/N-ethyl adjacent to an activating group) is 1. The SMILES string of the molecule is CCc1ccccc1NC(=O)C(=O)NC[C@@H](c1ccc(C)cc1)[NH+]1CC[NH+](C)CC1. The van der Waals surface area contributed by atoms with Crippen molar-refractivity contribution < 1.29 is 19.4 Å².